The Morgan fingerprint density at radius 3 is 2.17 bits per heavy atom. The quantitative estimate of drug-likeness (QED) is 0.459. The molecule has 0 bridgehead atoms. The first-order valence-corrected chi connectivity index (χ1v) is 13.9. The average Bonchev–Trinajstić information content (AvgIpc) is 2.71. The van der Waals surface area contributed by atoms with E-state index in [1.54, 1.807) is 31.2 Å². The van der Waals surface area contributed by atoms with E-state index in [0.29, 0.717) is 22.0 Å². The monoisotopic (exact) mass is 561 g/mol. The number of nitrogens with zero attached hydrogens (tertiary/aromatic N) is 2. The molecule has 11 heteroatoms. The number of benzene rings is 2. The van der Waals surface area contributed by atoms with Crippen LogP contribution in [-0.4, -0.2) is 49.5 Å². The van der Waals surface area contributed by atoms with Gasteiger partial charge in [-0.2, -0.15) is 0 Å². The smallest absolute Gasteiger partial charge is 0.244 e. The van der Waals surface area contributed by atoms with E-state index in [1.807, 2.05) is 20.8 Å². The van der Waals surface area contributed by atoms with E-state index in [9.17, 15) is 18.0 Å². The van der Waals surface area contributed by atoms with Gasteiger partial charge < -0.3 is 10.2 Å². The number of halogens is 3. The molecule has 0 aliphatic rings. The predicted molar refractivity (Wildman–Crippen MR) is 143 cm³/mol. The molecule has 0 heterocycles. The van der Waals surface area contributed by atoms with Crippen molar-refractivity contribution < 1.29 is 18.0 Å². The lowest BCUT2D eigenvalue weighted by Crippen LogP contribution is -2.55. The van der Waals surface area contributed by atoms with E-state index < -0.39 is 34.1 Å². The lowest BCUT2D eigenvalue weighted by atomic mass is 10.1. The maximum atomic E-state index is 13.7. The molecule has 2 aromatic carbocycles. The summed E-state index contributed by atoms with van der Waals surface area (Å²) in [5, 5.41) is 3.73. The second-order valence-corrected chi connectivity index (χ2v) is 12.3. The Kier molecular flexibility index (Phi) is 9.87. The summed E-state index contributed by atoms with van der Waals surface area (Å²) < 4.78 is 26.2. The van der Waals surface area contributed by atoms with Gasteiger partial charge in [-0.3, -0.25) is 13.9 Å². The molecule has 0 spiro atoms. The highest BCUT2D eigenvalue weighted by molar-refractivity contribution is 7.92. The van der Waals surface area contributed by atoms with E-state index in [4.69, 9.17) is 34.8 Å². The number of hydrogen-bond donors (Lipinski definition) is 1. The number of nitrogens with one attached hydrogen (secondary N) is 1. The van der Waals surface area contributed by atoms with Crippen LogP contribution in [0.3, 0.4) is 0 Å². The van der Waals surface area contributed by atoms with Gasteiger partial charge in [-0.15, -0.1) is 0 Å². The molecule has 2 amide bonds. The molecule has 1 atom stereocenters. The van der Waals surface area contributed by atoms with E-state index in [2.05, 4.69) is 5.32 Å². The summed E-state index contributed by atoms with van der Waals surface area (Å²) in [6, 6.07) is 10.4. The Morgan fingerprint density at radius 2 is 1.66 bits per heavy atom. The van der Waals surface area contributed by atoms with Crippen LogP contribution in [0.15, 0.2) is 42.5 Å². The first-order valence-electron chi connectivity index (χ1n) is 10.9. The third kappa shape index (κ3) is 8.27. The Balaban J connectivity index is 2.51. The Bertz CT molecular complexity index is 1180. The molecule has 0 radical (unpaired) electrons. The van der Waals surface area contributed by atoms with Crippen molar-refractivity contribution in [2.24, 2.45) is 0 Å². The molecule has 0 saturated carbocycles. The summed E-state index contributed by atoms with van der Waals surface area (Å²) in [6.45, 7) is 6.75. The maximum absolute atomic E-state index is 13.7. The fourth-order valence-electron chi connectivity index (χ4n) is 3.46. The summed E-state index contributed by atoms with van der Waals surface area (Å²) in [5.74, 6) is -0.937. The molecule has 7 nitrogen and oxygen atoms in total. The third-order valence-electron chi connectivity index (χ3n) is 5.04. The average molecular weight is 563 g/mol. The van der Waals surface area contributed by atoms with Gasteiger partial charge in [0.2, 0.25) is 21.8 Å². The summed E-state index contributed by atoms with van der Waals surface area (Å²) in [5.41, 5.74) is 0.205. The summed E-state index contributed by atoms with van der Waals surface area (Å²) in [6.07, 6.45) is 1.28. The van der Waals surface area contributed by atoms with E-state index >= 15 is 0 Å². The van der Waals surface area contributed by atoms with Crippen LogP contribution in [0.5, 0.6) is 0 Å². The first-order chi connectivity index (χ1) is 16.1. The molecule has 0 fully saturated rings. The topological polar surface area (TPSA) is 86.8 Å². The Morgan fingerprint density at radius 1 is 1.03 bits per heavy atom. The standard InChI is InChI=1S/C24H30Cl3N3O4S/c1-6-20(23(32)28-24(2,3)4)29(14-16-9-7-8-10-18(16)26)22(31)15-30(35(5,33)34)21-12-11-17(25)13-19(21)27/h7-13,20H,6,14-15H2,1-5H3,(H,28,32). The number of sulfonamides is 1. The summed E-state index contributed by atoms with van der Waals surface area (Å²) >= 11 is 18.6. The van der Waals surface area contributed by atoms with E-state index in [0.717, 1.165) is 10.6 Å². The second-order valence-electron chi connectivity index (χ2n) is 9.14. The number of rotatable bonds is 9. The lowest BCUT2D eigenvalue weighted by Gasteiger charge is -2.34. The van der Waals surface area contributed by atoms with Gasteiger partial charge in [0.15, 0.2) is 0 Å². The summed E-state index contributed by atoms with van der Waals surface area (Å²) in [4.78, 5) is 28.2. The molecule has 0 saturated heterocycles. The van der Waals surface area contributed by atoms with Crippen LogP contribution in [0.4, 0.5) is 5.69 Å². The van der Waals surface area contributed by atoms with Crippen LogP contribution < -0.4 is 9.62 Å². The highest BCUT2D eigenvalue weighted by Crippen LogP contribution is 2.31. The minimum absolute atomic E-state index is 0.0144. The minimum atomic E-state index is -3.91. The van der Waals surface area contributed by atoms with E-state index in [-0.39, 0.29) is 23.2 Å². The van der Waals surface area contributed by atoms with Gasteiger partial charge in [0.25, 0.3) is 0 Å². The van der Waals surface area contributed by atoms with Crippen molar-refractivity contribution in [3.63, 3.8) is 0 Å². The van der Waals surface area contributed by atoms with Crippen LogP contribution in [0.2, 0.25) is 15.1 Å². The van der Waals surface area contributed by atoms with Crippen molar-refractivity contribution in [2.75, 3.05) is 17.1 Å². The molecule has 2 aromatic rings. The fraction of sp³-hybridized carbons (Fsp3) is 0.417. The SMILES string of the molecule is CCC(C(=O)NC(C)(C)C)N(Cc1ccccc1Cl)C(=O)CN(c1ccc(Cl)cc1Cl)S(C)(=O)=O. The van der Waals surface area contributed by atoms with Crippen molar-refractivity contribution in [2.45, 2.75) is 52.2 Å². The van der Waals surface area contributed by atoms with Crippen LogP contribution in [-0.2, 0) is 26.2 Å². The number of carbonyl (C=O) groups is 2. The van der Waals surface area contributed by atoms with Crippen molar-refractivity contribution in [3.05, 3.63) is 63.1 Å². The number of hydrogen-bond acceptors (Lipinski definition) is 4. The van der Waals surface area contributed by atoms with Crippen molar-refractivity contribution in [3.8, 4) is 0 Å². The van der Waals surface area contributed by atoms with Gasteiger partial charge >= 0.3 is 0 Å². The van der Waals surface area contributed by atoms with Crippen molar-refractivity contribution in [1.82, 2.24) is 10.2 Å². The van der Waals surface area contributed by atoms with Crippen LogP contribution in [0.25, 0.3) is 0 Å². The highest BCUT2D eigenvalue weighted by Gasteiger charge is 2.33. The van der Waals surface area contributed by atoms with Crippen molar-refractivity contribution in [1.29, 1.82) is 0 Å². The molecule has 35 heavy (non-hydrogen) atoms. The zero-order valence-corrected chi connectivity index (χ0v) is 23.4. The van der Waals surface area contributed by atoms with Crippen molar-refractivity contribution >= 4 is 62.3 Å². The molecular weight excluding hydrogens is 533 g/mol. The zero-order valence-electron chi connectivity index (χ0n) is 20.3. The Labute approximate surface area is 222 Å². The predicted octanol–water partition coefficient (Wildman–Crippen LogP) is 5.13. The molecule has 2 rings (SSSR count). The van der Waals surface area contributed by atoms with E-state index in [1.165, 1.54) is 23.1 Å². The molecule has 0 aromatic heterocycles. The number of anilines is 1. The van der Waals surface area contributed by atoms with Crippen LogP contribution >= 0.6 is 34.8 Å². The largest absolute Gasteiger partial charge is 0.350 e. The zero-order chi connectivity index (χ0) is 26.6. The fourth-order valence-corrected chi connectivity index (χ4v) is 5.08. The Hall–Kier alpha value is -2.00. The van der Waals surface area contributed by atoms with Gasteiger partial charge in [-0.25, -0.2) is 8.42 Å². The normalized spacial score (nSPS) is 12.7. The lowest BCUT2D eigenvalue weighted by molar-refractivity contribution is -0.141. The van der Waals surface area contributed by atoms with Gasteiger partial charge in [0, 0.05) is 22.1 Å². The van der Waals surface area contributed by atoms with Crippen LogP contribution in [0.1, 0.15) is 39.7 Å². The van der Waals surface area contributed by atoms with Gasteiger partial charge in [0.05, 0.1) is 17.0 Å². The van der Waals surface area contributed by atoms with Gasteiger partial charge in [-0.05, 0) is 57.0 Å². The maximum Gasteiger partial charge on any atom is 0.244 e. The minimum Gasteiger partial charge on any atom is -0.350 e. The molecule has 0 aliphatic carbocycles. The highest BCUT2D eigenvalue weighted by atomic mass is 35.5. The van der Waals surface area contributed by atoms with Crippen LogP contribution in [0, 0.1) is 0 Å². The molecule has 192 valence electrons. The molecule has 1 N–H and O–H groups in total. The first kappa shape index (κ1) is 29.2. The third-order valence-corrected chi connectivity index (χ3v) is 7.07. The molecular formula is C24H30Cl3N3O4S. The summed E-state index contributed by atoms with van der Waals surface area (Å²) in [7, 11) is -3.91. The number of carbonyl (C=O) groups excluding carboxylic acids is 2. The van der Waals surface area contributed by atoms with Gasteiger partial charge in [0.1, 0.15) is 12.6 Å². The molecule has 0 aliphatic heterocycles. The number of amides is 2. The van der Waals surface area contributed by atoms with Gasteiger partial charge in [-0.1, -0.05) is 59.9 Å². The second kappa shape index (κ2) is 11.8. The molecule has 1 unspecified atom stereocenters.